The minimum absolute atomic E-state index is 0.0232. The molecule has 7 heteroatoms. The highest BCUT2D eigenvalue weighted by Crippen LogP contribution is 2.14. The molecule has 1 fully saturated rings. The fourth-order valence-electron chi connectivity index (χ4n) is 3.10. The van der Waals surface area contributed by atoms with Gasteiger partial charge >= 0.3 is 0 Å². The number of hydrogen-bond acceptors (Lipinski definition) is 4. The number of nitrogens with one attached hydrogen (secondary N) is 2. The Labute approximate surface area is 163 Å². The molecule has 2 aromatic carbocycles. The number of ether oxygens (including phenoxy) is 1. The molecule has 0 atom stereocenters. The van der Waals surface area contributed by atoms with E-state index < -0.39 is 11.6 Å². The van der Waals surface area contributed by atoms with E-state index in [2.05, 4.69) is 15.5 Å². The molecule has 2 N–H and O–H groups in total. The van der Waals surface area contributed by atoms with Crippen molar-refractivity contribution >= 4 is 11.6 Å². The van der Waals surface area contributed by atoms with Crippen molar-refractivity contribution in [3.05, 3.63) is 65.2 Å². The van der Waals surface area contributed by atoms with Gasteiger partial charge in [0.15, 0.2) is 0 Å². The number of nitrogens with zero attached hydrogens (tertiary/aromatic N) is 1. The predicted molar refractivity (Wildman–Crippen MR) is 104 cm³/mol. The van der Waals surface area contributed by atoms with Gasteiger partial charge in [-0.1, -0.05) is 18.2 Å². The Morgan fingerprint density at radius 2 is 1.75 bits per heavy atom. The summed E-state index contributed by atoms with van der Waals surface area (Å²) in [4.78, 5) is 14.4. The summed E-state index contributed by atoms with van der Waals surface area (Å²) in [7, 11) is 0. The van der Waals surface area contributed by atoms with Crippen LogP contribution in [0.4, 0.5) is 14.5 Å². The zero-order chi connectivity index (χ0) is 19.8. The first-order chi connectivity index (χ1) is 13.6. The average Bonchev–Trinajstić information content (AvgIpc) is 2.70. The number of carbonyl (C=O) groups is 1. The third-order valence-electron chi connectivity index (χ3n) is 4.66. The molecule has 0 saturated carbocycles. The maximum Gasteiger partial charge on any atom is 0.225 e. The van der Waals surface area contributed by atoms with Gasteiger partial charge in [0.2, 0.25) is 5.91 Å². The molecule has 1 amide bonds. The van der Waals surface area contributed by atoms with Gasteiger partial charge < -0.3 is 15.4 Å². The van der Waals surface area contributed by atoms with E-state index in [0.29, 0.717) is 38.4 Å². The molecule has 0 bridgehead atoms. The minimum atomic E-state index is -0.561. The SMILES string of the molecule is O=C(CCN1CCOCC1)Nc1cccc(CNCc2c(F)cccc2F)c1. The van der Waals surface area contributed by atoms with E-state index in [1.165, 1.54) is 18.2 Å². The Morgan fingerprint density at radius 1 is 1.04 bits per heavy atom. The van der Waals surface area contributed by atoms with E-state index in [1.807, 2.05) is 24.3 Å². The molecule has 0 aliphatic carbocycles. The third kappa shape index (κ3) is 6.09. The van der Waals surface area contributed by atoms with Crippen molar-refractivity contribution in [3.8, 4) is 0 Å². The number of morpholine rings is 1. The van der Waals surface area contributed by atoms with Crippen molar-refractivity contribution in [2.45, 2.75) is 19.5 Å². The monoisotopic (exact) mass is 389 g/mol. The van der Waals surface area contributed by atoms with E-state index in [-0.39, 0.29) is 18.0 Å². The lowest BCUT2D eigenvalue weighted by Crippen LogP contribution is -2.38. The van der Waals surface area contributed by atoms with Crippen LogP contribution < -0.4 is 10.6 Å². The largest absolute Gasteiger partial charge is 0.379 e. The highest BCUT2D eigenvalue weighted by Gasteiger charge is 2.12. The van der Waals surface area contributed by atoms with E-state index in [4.69, 9.17) is 4.74 Å². The van der Waals surface area contributed by atoms with Crippen LogP contribution in [0.15, 0.2) is 42.5 Å². The molecule has 28 heavy (non-hydrogen) atoms. The summed E-state index contributed by atoms with van der Waals surface area (Å²) in [5.41, 5.74) is 1.65. The standard InChI is InChI=1S/C21H25F2N3O2/c22-19-5-2-6-20(23)18(19)15-24-14-16-3-1-4-17(13-16)25-21(27)7-8-26-9-11-28-12-10-26/h1-6,13,24H,7-12,14-15H2,(H,25,27). The Balaban J connectivity index is 1.46. The molecule has 150 valence electrons. The summed E-state index contributed by atoms with van der Waals surface area (Å²) in [5, 5.41) is 5.94. The van der Waals surface area contributed by atoms with E-state index in [9.17, 15) is 13.6 Å². The average molecular weight is 389 g/mol. The zero-order valence-electron chi connectivity index (χ0n) is 15.7. The zero-order valence-corrected chi connectivity index (χ0v) is 15.7. The van der Waals surface area contributed by atoms with Crippen LogP contribution in [-0.2, 0) is 22.6 Å². The van der Waals surface area contributed by atoms with Crippen LogP contribution in [-0.4, -0.2) is 43.7 Å². The van der Waals surface area contributed by atoms with E-state index >= 15 is 0 Å². The lowest BCUT2D eigenvalue weighted by molar-refractivity contribution is -0.116. The van der Waals surface area contributed by atoms with Crippen LogP contribution in [0.25, 0.3) is 0 Å². The molecule has 2 aromatic rings. The van der Waals surface area contributed by atoms with Crippen molar-refractivity contribution in [2.24, 2.45) is 0 Å². The fraction of sp³-hybridized carbons (Fsp3) is 0.381. The van der Waals surface area contributed by atoms with Gasteiger partial charge in [-0.25, -0.2) is 8.78 Å². The second-order valence-electron chi connectivity index (χ2n) is 6.76. The Hall–Kier alpha value is -2.35. The van der Waals surface area contributed by atoms with Gasteiger partial charge in [0, 0.05) is 50.4 Å². The Bertz CT molecular complexity index is 775. The molecule has 5 nitrogen and oxygen atoms in total. The highest BCUT2D eigenvalue weighted by molar-refractivity contribution is 5.90. The Kier molecular flexibility index (Phi) is 7.47. The number of benzene rings is 2. The Morgan fingerprint density at radius 3 is 2.50 bits per heavy atom. The number of amides is 1. The minimum Gasteiger partial charge on any atom is -0.379 e. The summed E-state index contributed by atoms with van der Waals surface area (Å²) in [6, 6.07) is 11.3. The number of anilines is 1. The molecule has 1 heterocycles. The summed E-state index contributed by atoms with van der Waals surface area (Å²) in [6.45, 7) is 4.39. The molecular weight excluding hydrogens is 364 g/mol. The molecule has 1 aliphatic heterocycles. The fourth-order valence-corrected chi connectivity index (χ4v) is 3.10. The first-order valence-electron chi connectivity index (χ1n) is 9.44. The molecule has 1 aliphatic rings. The van der Waals surface area contributed by atoms with Gasteiger partial charge in [-0.05, 0) is 29.8 Å². The van der Waals surface area contributed by atoms with Gasteiger partial charge in [0.1, 0.15) is 11.6 Å². The number of halogens is 2. The van der Waals surface area contributed by atoms with Crippen molar-refractivity contribution < 1.29 is 18.3 Å². The van der Waals surface area contributed by atoms with Crippen LogP contribution >= 0.6 is 0 Å². The summed E-state index contributed by atoms with van der Waals surface area (Å²) in [6.07, 6.45) is 0.426. The lowest BCUT2D eigenvalue weighted by Gasteiger charge is -2.26. The van der Waals surface area contributed by atoms with Crippen molar-refractivity contribution in [1.82, 2.24) is 10.2 Å². The molecule has 3 rings (SSSR count). The van der Waals surface area contributed by atoms with Crippen LogP contribution in [0, 0.1) is 11.6 Å². The van der Waals surface area contributed by atoms with Crippen molar-refractivity contribution in [2.75, 3.05) is 38.2 Å². The smallest absolute Gasteiger partial charge is 0.225 e. The first kappa shape index (κ1) is 20.4. The number of rotatable bonds is 8. The second-order valence-corrected chi connectivity index (χ2v) is 6.76. The van der Waals surface area contributed by atoms with Crippen LogP contribution in [0.2, 0.25) is 0 Å². The van der Waals surface area contributed by atoms with Crippen LogP contribution in [0.3, 0.4) is 0 Å². The first-order valence-corrected chi connectivity index (χ1v) is 9.44. The number of carbonyl (C=O) groups excluding carboxylic acids is 1. The van der Waals surface area contributed by atoms with Crippen molar-refractivity contribution in [3.63, 3.8) is 0 Å². The molecule has 0 unspecified atom stereocenters. The van der Waals surface area contributed by atoms with Gasteiger partial charge in [-0.15, -0.1) is 0 Å². The molecule has 0 spiro atoms. The normalized spacial score (nSPS) is 14.8. The number of hydrogen-bond donors (Lipinski definition) is 2. The second kappa shape index (κ2) is 10.3. The predicted octanol–water partition coefficient (Wildman–Crippen LogP) is 2.92. The van der Waals surface area contributed by atoms with E-state index in [1.54, 1.807) is 0 Å². The topological polar surface area (TPSA) is 53.6 Å². The summed E-state index contributed by atoms with van der Waals surface area (Å²) >= 11 is 0. The van der Waals surface area contributed by atoms with Gasteiger partial charge in [0.25, 0.3) is 0 Å². The van der Waals surface area contributed by atoms with Gasteiger partial charge in [-0.2, -0.15) is 0 Å². The highest BCUT2D eigenvalue weighted by atomic mass is 19.1. The quantitative estimate of drug-likeness (QED) is 0.729. The van der Waals surface area contributed by atoms with Crippen LogP contribution in [0.5, 0.6) is 0 Å². The molecule has 1 saturated heterocycles. The summed E-state index contributed by atoms with van der Waals surface area (Å²) < 4.78 is 32.6. The molecular formula is C21H25F2N3O2. The maximum absolute atomic E-state index is 13.7. The molecule has 0 aromatic heterocycles. The van der Waals surface area contributed by atoms with Gasteiger partial charge in [-0.3, -0.25) is 9.69 Å². The van der Waals surface area contributed by atoms with Crippen LogP contribution in [0.1, 0.15) is 17.5 Å². The van der Waals surface area contributed by atoms with Gasteiger partial charge in [0.05, 0.1) is 13.2 Å². The maximum atomic E-state index is 13.7. The third-order valence-corrected chi connectivity index (χ3v) is 4.66. The van der Waals surface area contributed by atoms with Crippen molar-refractivity contribution in [1.29, 1.82) is 0 Å². The summed E-state index contributed by atoms with van der Waals surface area (Å²) in [5.74, 6) is -1.16. The van der Waals surface area contributed by atoms with E-state index in [0.717, 1.165) is 18.7 Å². The molecule has 0 radical (unpaired) electrons. The lowest BCUT2D eigenvalue weighted by atomic mass is 10.1.